The molecule has 1 rings (SSSR count). The van der Waals surface area contributed by atoms with E-state index in [-0.39, 0.29) is 37.8 Å². The lowest BCUT2D eigenvalue weighted by Gasteiger charge is -2.21. The third kappa shape index (κ3) is 8.20. The first-order valence-electron chi connectivity index (χ1n) is 9.33. The Morgan fingerprint density at radius 3 is 2.11 bits per heavy atom. The van der Waals surface area contributed by atoms with Crippen molar-refractivity contribution in [2.45, 2.75) is 52.1 Å². The number of primary amides is 1. The maximum atomic E-state index is 12.1. The van der Waals surface area contributed by atoms with Gasteiger partial charge >= 0.3 is 5.97 Å². The highest BCUT2D eigenvalue weighted by atomic mass is 16.5. The number of ether oxygens (including phenoxy) is 1. The molecule has 0 saturated carbocycles. The number of rotatable bonds is 11. The Morgan fingerprint density at radius 1 is 1.00 bits per heavy atom. The average molecular weight is 391 g/mol. The summed E-state index contributed by atoms with van der Waals surface area (Å²) in [7, 11) is 0. The molecule has 0 radical (unpaired) electrons. The minimum absolute atomic E-state index is 0.0270. The van der Waals surface area contributed by atoms with E-state index in [2.05, 4.69) is 10.6 Å². The zero-order valence-corrected chi connectivity index (χ0v) is 16.6. The van der Waals surface area contributed by atoms with E-state index in [0.29, 0.717) is 0 Å². The molecule has 0 aliphatic rings. The van der Waals surface area contributed by atoms with Gasteiger partial charge in [0.1, 0.15) is 6.04 Å². The first-order valence-corrected chi connectivity index (χ1v) is 9.33. The summed E-state index contributed by atoms with van der Waals surface area (Å²) >= 11 is 0. The predicted molar refractivity (Wildman–Crippen MR) is 104 cm³/mol. The van der Waals surface area contributed by atoms with Gasteiger partial charge in [-0.2, -0.15) is 0 Å². The monoisotopic (exact) mass is 391 g/mol. The molecule has 0 spiro atoms. The molecular formula is C20H29N3O5. The Kier molecular flexibility index (Phi) is 9.70. The fourth-order valence-corrected chi connectivity index (χ4v) is 2.71. The molecule has 3 amide bonds. The number of esters is 1. The van der Waals surface area contributed by atoms with Crippen molar-refractivity contribution in [1.29, 1.82) is 0 Å². The van der Waals surface area contributed by atoms with E-state index < -0.39 is 29.7 Å². The quantitative estimate of drug-likeness (QED) is 0.489. The van der Waals surface area contributed by atoms with Gasteiger partial charge in [-0.1, -0.05) is 37.3 Å². The van der Waals surface area contributed by atoms with Crippen molar-refractivity contribution in [3.8, 4) is 0 Å². The molecule has 4 N–H and O–H groups in total. The van der Waals surface area contributed by atoms with Gasteiger partial charge in [-0.05, 0) is 25.3 Å². The summed E-state index contributed by atoms with van der Waals surface area (Å²) in [6.45, 7) is 5.39. The molecule has 28 heavy (non-hydrogen) atoms. The highest BCUT2D eigenvalue weighted by Crippen LogP contribution is 2.12. The Morgan fingerprint density at radius 2 is 1.57 bits per heavy atom. The molecule has 0 aromatic heterocycles. The summed E-state index contributed by atoms with van der Waals surface area (Å²) in [4.78, 5) is 47.4. The van der Waals surface area contributed by atoms with Crippen LogP contribution in [0.15, 0.2) is 30.3 Å². The molecule has 3 atom stereocenters. The summed E-state index contributed by atoms with van der Waals surface area (Å²) in [6, 6.07) is 8.27. The molecule has 0 unspecified atom stereocenters. The maximum Gasteiger partial charge on any atom is 0.306 e. The molecule has 0 saturated heterocycles. The SMILES string of the molecule is CCOC(=O)C[C@@H](C)[C@@H](NC(=O)CCC(=O)N[C@H](C)c1ccccc1)C(N)=O. The van der Waals surface area contributed by atoms with Gasteiger partial charge in [0.15, 0.2) is 0 Å². The van der Waals surface area contributed by atoms with Crippen molar-refractivity contribution in [3.63, 3.8) is 0 Å². The van der Waals surface area contributed by atoms with E-state index in [1.54, 1.807) is 13.8 Å². The minimum Gasteiger partial charge on any atom is -0.466 e. The molecule has 0 aliphatic heterocycles. The highest BCUT2D eigenvalue weighted by Gasteiger charge is 2.27. The number of hydrogen-bond donors (Lipinski definition) is 3. The van der Waals surface area contributed by atoms with Gasteiger partial charge in [0, 0.05) is 12.8 Å². The van der Waals surface area contributed by atoms with Crippen LogP contribution in [0.3, 0.4) is 0 Å². The van der Waals surface area contributed by atoms with Crippen LogP contribution >= 0.6 is 0 Å². The number of hydrogen-bond acceptors (Lipinski definition) is 5. The molecule has 0 aliphatic carbocycles. The summed E-state index contributed by atoms with van der Waals surface area (Å²) in [5, 5.41) is 5.32. The lowest BCUT2D eigenvalue weighted by Crippen LogP contribution is -2.49. The molecule has 1 aromatic carbocycles. The van der Waals surface area contributed by atoms with Gasteiger partial charge in [-0.15, -0.1) is 0 Å². The third-order valence-electron chi connectivity index (χ3n) is 4.24. The second-order valence-electron chi connectivity index (χ2n) is 6.63. The van der Waals surface area contributed by atoms with Gasteiger partial charge < -0.3 is 21.1 Å². The van der Waals surface area contributed by atoms with Crippen molar-refractivity contribution in [2.24, 2.45) is 11.7 Å². The van der Waals surface area contributed by atoms with E-state index in [4.69, 9.17) is 10.5 Å². The number of nitrogens with two attached hydrogens (primary N) is 1. The van der Waals surface area contributed by atoms with E-state index in [1.807, 2.05) is 37.3 Å². The Bertz CT molecular complexity index is 678. The van der Waals surface area contributed by atoms with Crippen LogP contribution in [0.4, 0.5) is 0 Å². The zero-order chi connectivity index (χ0) is 21.1. The van der Waals surface area contributed by atoms with Gasteiger partial charge in [-0.25, -0.2) is 0 Å². The molecule has 154 valence electrons. The van der Waals surface area contributed by atoms with Crippen molar-refractivity contribution < 1.29 is 23.9 Å². The predicted octanol–water partition coefficient (Wildman–Crippen LogP) is 1.20. The molecule has 8 heteroatoms. The average Bonchev–Trinajstić information content (AvgIpc) is 2.64. The lowest BCUT2D eigenvalue weighted by atomic mass is 9.97. The Labute approximate surface area is 165 Å². The molecule has 0 fully saturated rings. The summed E-state index contributed by atoms with van der Waals surface area (Å²) in [5.74, 6) is -2.49. The number of carbonyl (C=O) groups excluding carboxylic acids is 4. The van der Waals surface area contributed by atoms with Crippen LogP contribution in [-0.2, 0) is 23.9 Å². The van der Waals surface area contributed by atoms with Crippen molar-refractivity contribution >= 4 is 23.7 Å². The fraction of sp³-hybridized carbons (Fsp3) is 0.500. The maximum absolute atomic E-state index is 12.1. The summed E-state index contributed by atoms with van der Waals surface area (Å²) in [6.07, 6.45) is -0.166. The second kappa shape index (κ2) is 11.7. The first-order chi connectivity index (χ1) is 13.2. The fourth-order valence-electron chi connectivity index (χ4n) is 2.71. The largest absolute Gasteiger partial charge is 0.466 e. The van der Waals surface area contributed by atoms with Crippen LogP contribution in [-0.4, -0.2) is 36.3 Å². The van der Waals surface area contributed by atoms with Crippen LogP contribution in [0.5, 0.6) is 0 Å². The Hall–Kier alpha value is -2.90. The number of carbonyl (C=O) groups is 4. The highest BCUT2D eigenvalue weighted by molar-refractivity contribution is 5.89. The molecule has 8 nitrogen and oxygen atoms in total. The van der Waals surface area contributed by atoms with Crippen LogP contribution < -0.4 is 16.4 Å². The van der Waals surface area contributed by atoms with Crippen molar-refractivity contribution in [3.05, 3.63) is 35.9 Å². The summed E-state index contributed by atoms with van der Waals surface area (Å²) in [5.41, 5.74) is 6.30. The molecule has 1 aromatic rings. The van der Waals surface area contributed by atoms with Crippen LogP contribution in [0.1, 0.15) is 51.6 Å². The smallest absolute Gasteiger partial charge is 0.306 e. The van der Waals surface area contributed by atoms with E-state index >= 15 is 0 Å². The summed E-state index contributed by atoms with van der Waals surface area (Å²) < 4.78 is 4.84. The zero-order valence-electron chi connectivity index (χ0n) is 16.6. The second-order valence-corrected chi connectivity index (χ2v) is 6.63. The molecule has 0 heterocycles. The van der Waals surface area contributed by atoms with E-state index in [0.717, 1.165) is 5.56 Å². The van der Waals surface area contributed by atoms with Crippen LogP contribution in [0.2, 0.25) is 0 Å². The van der Waals surface area contributed by atoms with E-state index in [9.17, 15) is 19.2 Å². The number of amides is 3. The minimum atomic E-state index is -1.01. The third-order valence-corrected chi connectivity index (χ3v) is 4.24. The normalized spacial score (nSPS) is 13.7. The molecular weight excluding hydrogens is 362 g/mol. The Balaban J connectivity index is 2.48. The number of nitrogens with one attached hydrogen (secondary N) is 2. The van der Waals surface area contributed by atoms with Gasteiger partial charge in [0.25, 0.3) is 0 Å². The first kappa shape index (κ1) is 23.1. The van der Waals surface area contributed by atoms with Gasteiger partial charge in [0.2, 0.25) is 17.7 Å². The van der Waals surface area contributed by atoms with Gasteiger partial charge in [-0.3, -0.25) is 19.2 Å². The van der Waals surface area contributed by atoms with E-state index in [1.165, 1.54) is 0 Å². The van der Waals surface area contributed by atoms with Crippen molar-refractivity contribution in [2.75, 3.05) is 6.61 Å². The number of benzene rings is 1. The topological polar surface area (TPSA) is 128 Å². The standard InChI is InChI=1S/C20H29N3O5/c1-4-28-18(26)12-13(2)19(20(21)27)23-17(25)11-10-16(24)22-14(3)15-8-6-5-7-9-15/h5-9,13-14,19H,4,10-12H2,1-3H3,(H2,21,27)(H,22,24)(H,23,25)/t13-,14-,19-/m1/s1. The van der Waals surface area contributed by atoms with Crippen LogP contribution in [0, 0.1) is 5.92 Å². The van der Waals surface area contributed by atoms with Crippen LogP contribution in [0.25, 0.3) is 0 Å². The van der Waals surface area contributed by atoms with Gasteiger partial charge in [0.05, 0.1) is 19.1 Å². The molecule has 0 bridgehead atoms. The lowest BCUT2D eigenvalue weighted by molar-refractivity contribution is -0.144. The van der Waals surface area contributed by atoms with Crippen molar-refractivity contribution in [1.82, 2.24) is 10.6 Å².